The first kappa shape index (κ1) is 14.6. The van der Waals surface area contributed by atoms with Crippen LogP contribution in [-0.2, 0) is 4.79 Å². The van der Waals surface area contributed by atoms with Crippen molar-refractivity contribution in [2.24, 2.45) is 0 Å². The molecule has 1 amide bonds. The van der Waals surface area contributed by atoms with Crippen molar-refractivity contribution >= 4 is 5.91 Å². The first-order valence-electron chi connectivity index (χ1n) is 6.69. The van der Waals surface area contributed by atoms with E-state index in [9.17, 15) is 4.79 Å². The van der Waals surface area contributed by atoms with Gasteiger partial charge < -0.3 is 10.1 Å². The first-order chi connectivity index (χ1) is 8.67. The van der Waals surface area contributed by atoms with Gasteiger partial charge in [-0.05, 0) is 31.9 Å². The molecule has 0 heterocycles. The van der Waals surface area contributed by atoms with Crippen molar-refractivity contribution in [1.29, 1.82) is 0 Å². The van der Waals surface area contributed by atoms with E-state index in [1.807, 2.05) is 44.2 Å². The molecule has 100 valence electrons. The van der Waals surface area contributed by atoms with Gasteiger partial charge in [0.15, 0.2) is 6.10 Å². The number of amides is 1. The van der Waals surface area contributed by atoms with Gasteiger partial charge in [0.2, 0.25) is 0 Å². The Morgan fingerprint density at radius 1 is 1.28 bits per heavy atom. The minimum atomic E-state index is -0.410. The molecule has 0 radical (unpaired) electrons. The minimum absolute atomic E-state index is 0.0256. The predicted molar refractivity (Wildman–Crippen MR) is 73.7 cm³/mol. The van der Waals surface area contributed by atoms with Crippen molar-refractivity contribution < 1.29 is 9.53 Å². The molecular formula is C15H23NO2. The number of ether oxygens (including phenoxy) is 1. The van der Waals surface area contributed by atoms with Gasteiger partial charge in [-0.3, -0.25) is 4.79 Å². The van der Waals surface area contributed by atoms with Crippen LogP contribution in [0.15, 0.2) is 30.3 Å². The van der Waals surface area contributed by atoms with Gasteiger partial charge in [0.05, 0.1) is 0 Å². The normalized spacial score (nSPS) is 13.7. The van der Waals surface area contributed by atoms with E-state index in [2.05, 4.69) is 12.2 Å². The Hall–Kier alpha value is -1.51. The lowest BCUT2D eigenvalue weighted by Crippen LogP contribution is -2.42. The molecule has 3 heteroatoms. The summed E-state index contributed by atoms with van der Waals surface area (Å²) in [6, 6.07) is 9.67. The largest absolute Gasteiger partial charge is 0.481 e. The Morgan fingerprint density at radius 2 is 1.94 bits per heavy atom. The van der Waals surface area contributed by atoms with Crippen molar-refractivity contribution in [1.82, 2.24) is 5.32 Å². The van der Waals surface area contributed by atoms with Gasteiger partial charge in [-0.1, -0.05) is 38.5 Å². The predicted octanol–water partition coefficient (Wildman–Crippen LogP) is 3.15. The molecule has 0 aliphatic carbocycles. The molecule has 0 fully saturated rings. The molecule has 2 atom stereocenters. The Kier molecular flexibility index (Phi) is 6.26. The Balaban J connectivity index is 2.52. The highest BCUT2D eigenvalue weighted by Gasteiger charge is 2.19. The average Bonchev–Trinajstić information content (AvgIpc) is 2.37. The van der Waals surface area contributed by atoms with Gasteiger partial charge >= 0.3 is 0 Å². The molecule has 0 saturated carbocycles. The van der Waals surface area contributed by atoms with E-state index < -0.39 is 6.10 Å². The number of para-hydroxylation sites is 1. The van der Waals surface area contributed by atoms with Crippen LogP contribution in [0, 0.1) is 0 Å². The average molecular weight is 249 g/mol. The van der Waals surface area contributed by atoms with Gasteiger partial charge in [0.25, 0.3) is 5.91 Å². The molecule has 1 aromatic carbocycles. The zero-order valence-electron chi connectivity index (χ0n) is 11.5. The van der Waals surface area contributed by atoms with Crippen molar-refractivity contribution in [2.45, 2.75) is 52.2 Å². The van der Waals surface area contributed by atoms with Gasteiger partial charge in [0.1, 0.15) is 5.75 Å². The second-order valence-electron chi connectivity index (χ2n) is 4.53. The Labute approximate surface area is 110 Å². The fraction of sp³-hybridized carbons (Fsp3) is 0.533. The third kappa shape index (κ3) is 4.78. The smallest absolute Gasteiger partial charge is 0.261 e. The van der Waals surface area contributed by atoms with Crippen LogP contribution in [-0.4, -0.2) is 18.1 Å². The lowest BCUT2D eigenvalue weighted by atomic mass is 10.1. The third-order valence-electron chi connectivity index (χ3n) is 2.80. The molecule has 0 saturated heterocycles. The summed E-state index contributed by atoms with van der Waals surface area (Å²) >= 11 is 0. The zero-order valence-corrected chi connectivity index (χ0v) is 11.5. The molecule has 0 spiro atoms. The minimum Gasteiger partial charge on any atom is -0.481 e. The quantitative estimate of drug-likeness (QED) is 0.806. The number of nitrogens with one attached hydrogen (secondary N) is 1. The maximum atomic E-state index is 12.0. The first-order valence-corrected chi connectivity index (χ1v) is 6.69. The topological polar surface area (TPSA) is 38.3 Å². The van der Waals surface area contributed by atoms with Gasteiger partial charge in [0, 0.05) is 6.04 Å². The molecule has 0 unspecified atom stereocenters. The van der Waals surface area contributed by atoms with Crippen LogP contribution in [0.1, 0.15) is 40.0 Å². The maximum absolute atomic E-state index is 12.0. The number of hydrogen-bond donors (Lipinski definition) is 1. The molecule has 0 bridgehead atoms. The molecule has 0 aliphatic rings. The van der Waals surface area contributed by atoms with E-state index in [0.29, 0.717) is 6.42 Å². The SMILES string of the molecule is CCC[C@@H](C)NC(=O)[C@H](CC)Oc1ccccc1. The summed E-state index contributed by atoms with van der Waals surface area (Å²) < 4.78 is 5.69. The number of carbonyl (C=O) groups excluding carboxylic acids is 1. The van der Waals surface area contributed by atoms with Gasteiger partial charge in [-0.25, -0.2) is 0 Å². The van der Waals surface area contributed by atoms with E-state index in [1.165, 1.54) is 0 Å². The fourth-order valence-electron chi connectivity index (χ4n) is 1.83. The van der Waals surface area contributed by atoms with Gasteiger partial charge in [-0.2, -0.15) is 0 Å². The highest BCUT2D eigenvalue weighted by molar-refractivity contribution is 5.81. The van der Waals surface area contributed by atoms with E-state index in [4.69, 9.17) is 4.74 Å². The van der Waals surface area contributed by atoms with Crippen molar-refractivity contribution in [3.8, 4) is 5.75 Å². The highest BCUT2D eigenvalue weighted by atomic mass is 16.5. The highest BCUT2D eigenvalue weighted by Crippen LogP contribution is 2.12. The maximum Gasteiger partial charge on any atom is 0.261 e. The van der Waals surface area contributed by atoms with E-state index in [-0.39, 0.29) is 11.9 Å². The van der Waals surface area contributed by atoms with Crippen LogP contribution in [0.5, 0.6) is 5.75 Å². The number of carbonyl (C=O) groups is 1. The lowest BCUT2D eigenvalue weighted by Gasteiger charge is -2.20. The Morgan fingerprint density at radius 3 is 2.50 bits per heavy atom. The molecule has 1 N–H and O–H groups in total. The zero-order chi connectivity index (χ0) is 13.4. The molecule has 0 aromatic heterocycles. The van der Waals surface area contributed by atoms with Crippen LogP contribution < -0.4 is 10.1 Å². The standard InChI is InChI=1S/C15H23NO2/c1-4-9-12(3)16-15(17)14(5-2)18-13-10-7-6-8-11-13/h6-8,10-12,14H,4-5,9H2,1-3H3,(H,16,17)/t12-,14+/m1/s1. The Bertz CT molecular complexity index is 351. The van der Waals surface area contributed by atoms with E-state index in [0.717, 1.165) is 18.6 Å². The third-order valence-corrected chi connectivity index (χ3v) is 2.80. The summed E-state index contributed by atoms with van der Waals surface area (Å²) in [5, 5.41) is 2.99. The van der Waals surface area contributed by atoms with Crippen molar-refractivity contribution in [3.63, 3.8) is 0 Å². The summed E-state index contributed by atoms with van der Waals surface area (Å²) in [6.07, 6.45) is 2.32. The van der Waals surface area contributed by atoms with Crippen LogP contribution in [0.4, 0.5) is 0 Å². The number of rotatable bonds is 7. The summed E-state index contributed by atoms with van der Waals surface area (Å²) in [5.41, 5.74) is 0. The molecule has 1 aromatic rings. The number of benzene rings is 1. The summed E-state index contributed by atoms with van der Waals surface area (Å²) in [7, 11) is 0. The van der Waals surface area contributed by atoms with Crippen LogP contribution in [0.3, 0.4) is 0 Å². The van der Waals surface area contributed by atoms with Crippen LogP contribution in [0.25, 0.3) is 0 Å². The van der Waals surface area contributed by atoms with Crippen molar-refractivity contribution in [2.75, 3.05) is 0 Å². The summed E-state index contributed by atoms with van der Waals surface area (Å²) in [4.78, 5) is 12.0. The van der Waals surface area contributed by atoms with Gasteiger partial charge in [-0.15, -0.1) is 0 Å². The molecule has 18 heavy (non-hydrogen) atoms. The monoisotopic (exact) mass is 249 g/mol. The molecule has 1 rings (SSSR count). The molecule has 3 nitrogen and oxygen atoms in total. The molecular weight excluding hydrogens is 226 g/mol. The van der Waals surface area contributed by atoms with E-state index in [1.54, 1.807) is 0 Å². The fourth-order valence-corrected chi connectivity index (χ4v) is 1.83. The lowest BCUT2D eigenvalue weighted by molar-refractivity contribution is -0.128. The van der Waals surface area contributed by atoms with Crippen LogP contribution >= 0.6 is 0 Å². The van der Waals surface area contributed by atoms with Crippen molar-refractivity contribution in [3.05, 3.63) is 30.3 Å². The van der Waals surface area contributed by atoms with E-state index >= 15 is 0 Å². The number of hydrogen-bond acceptors (Lipinski definition) is 2. The second kappa shape index (κ2) is 7.75. The summed E-state index contributed by atoms with van der Waals surface area (Å²) in [6.45, 7) is 6.09. The van der Waals surface area contributed by atoms with Crippen LogP contribution in [0.2, 0.25) is 0 Å². The summed E-state index contributed by atoms with van der Waals surface area (Å²) in [5.74, 6) is 0.713. The molecule has 0 aliphatic heterocycles. The second-order valence-corrected chi connectivity index (χ2v) is 4.53.